The molecule has 0 spiro atoms. The van der Waals surface area contributed by atoms with Crippen LogP contribution in [0.15, 0.2) is 24.3 Å². The zero-order valence-electron chi connectivity index (χ0n) is 8.97. The number of alkyl halides is 3. The number of halogens is 3. The van der Waals surface area contributed by atoms with Gasteiger partial charge in [0.05, 0.1) is 0 Å². The molecule has 0 radical (unpaired) electrons. The summed E-state index contributed by atoms with van der Waals surface area (Å²) in [5.41, 5.74) is 1.01. The van der Waals surface area contributed by atoms with E-state index in [2.05, 4.69) is 0 Å². The van der Waals surface area contributed by atoms with E-state index in [4.69, 9.17) is 0 Å². The van der Waals surface area contributed by atoms with E-state index in [9.17, 15) is 13.2 Å². The van der Waals surface area contributed by atoms with Gasteiger partial charge in [-0.25, -0.2) is 0 Å². The number of nitrogens with zero attached hydrogens (tertiary/aromatic N) is 1. The van der Waals surface area contributed by atoms with Crippen LogP contribution in [0.1, 0.15) is 19.4 Å². The molecule has 0 saturated carbocycles. The van der Waals surface area contributed by atoms with Crippen molar-refractivity contribution in [3.63, 3.8) is 0 Å². The van der Waals surface area contributed by atoms with Crippen molar-refractivity contribution in [2.24, 2.45) is 0 Å². The van der Waals surface area contributed by atoms with E-state index in [1.807, 2.05) is 0 Å². The number of rotatable bonds is 2. The van der Waals surface area contributed by atoms with E-state index in [1.54, 1.807) is 19.1 Å². The van der Waals surface area contributed by atoms with Gasteiger partial charge >= 0.3 is 6.30 Å². The monoisotopic (exact) mass is 217 g/mol. The van der Waals surface area contributed by atoms with Gasteiger partial charge in [0.25, 0.3) is 0 Å². The molecular weight excluding hydrogens is 203 g/mol. The average molecular weight is 217 g/mol. The van der Waals surface area contributed by atoms with Crippen molar-refractivity contribution in [2.75, 3.05) is 4.90 Å². The van der Waals surface area contributed by atoms with Crippen LogP contribution in [-0.4, -0.2) is 12.3 Å². The summed E-state index contributed by atoms with van der Waals surface area (Å²) in [6.07, 6.45) is -4.33. The Kier molecular flexibility index (Phi) is 3.27. The first-order valence-corrected chi connectivity index (χ1v) is 4.75. The van der Waals surface area contributed by atoms with Crippen molar-refractivity contribution in [1.82, 2.24) is 0 Å². The van der Waals surface area contributed by atoms with Gasteiger partial charge in [-0.05, 0) is 38.5 Å². The molecule has 0 N–H and O–H groups in total. The van der Waals surface area contributed by atoms with Gasteiger partial charge in [-0.3, -0.25) is 4.90 Å². The molecule has 84 valence electrons. The van der Waals surface area contributed by atoms with Crippen molar-refractivity contribution in [3.05, 3.63) is 29.8 Å². The van der Waals surface area contributed by atoms with E-state index >= 15 is 0 Å². The molecule has 0 unspecified atom stereocenters. The van der Waals surface area contributed by atoms with E-state index in [0.717, 1.165) is 5.56 Å². The van der Waals surface area contributed by atoms with Gasteiger partial charge in [0.2, 0.25) is 0 Å². The fourth-order valence-electron chi connectivity index (χ4n) is 1.52. The molecule has 0 aliphatic carbocycles. The number of benzene rings is 1. The first kappa shape index (κ1) is 11.9. The topological polar surface area (TPSA) is 3.24 Å². The molecule has 0 bridgehead atoms. The zero-order chi connectivity index (χ0) is 11.6. The quantitative estimate of drug-likeness (QED) is 0.682. The fourth-order valence-corrected chi connectivity index (χ4v) is 1.52. The largest absolute Gasteiger partial charge is 0.485 e. The molecule has 1 nitrogen and oxygen atoms in total. The Hall–Kier alpha value is -1.19. The van der Waals surface area contributed by atoms with E-state index in [1.165, 1.54) is 26.0 Å². The van der Waals surface area contributed by atoms with Crippen molar-refractivity contribution < 1.29 is 13.2 Å². The predicted octanol–water partition coefficient (Wildman–Crippen LogP) is 3.73. The Morgan fingerprint density at radius 2 is 1.80 bits per heavy atom. The maximum atomic E-state index is 12.7. The molecule has 0 heterocycles. The molecule has 0 fully saturated rings. The van der Waals surface area contributed by atoms with Crippen molar-refractivity contribution in [2.45, 2.75) is 33.1 Å². The highest BCUT2D eigenvalue weighted by atomic mass is 19.4. The highest BCUT2D eigenvalue weighted by Crippen LogP contribution is 2.30. The molecular formula is C11H14F3N. The first-order valence-electron chi connectivity index (χ1n) is 4.75. The molecule has 0 aliphatic rings. The maximum Gasteiger partial charge on any atom is 0.485 e. The molecule has 15 heavy (non-hydrogen) atoms. The van der Waals surface area contributed by atoms with Crippen LogP contribution in [0.2, 0.25) is 0 Å². The van der Waals surface area contributed by atoms with Gasteiger partial charge < -0.3 is 0 Å². The van der Waals surface area contributed by atoms with Crippen molar-refractivity contribution in [3.8, 4) is 0 Å². The van der Waals surface area contributed by atoms with Crippen LogP contribution in [0.5, 0.6) is 0 Å². The van der Waals surface area contributed by atoms with Gasteiger partial charge in [-0.15, -0.1) is 0 Å². The van der Waals surface area contributed by atoms with Crippen LogP contribution < -0.4 is 4.90 Å². The SMILES string of the molecule is Cc1cccc(N(C(C)C)C(F)(F)F)c1. The summed E-state index contributed by atoms with van der Waals surface area (Å²) in [5.74, 6) is 0. The van der Waals surface area contributed by atoms with E-state index in [0.29, 0.717) is 4.90 Å². The summed E-state index contributed by atoms with van der Waals surface area (Å²) in [6.45, 7) is 4.82. The highest BCUT2D eigenvalue weighted by molar-refractivity contribution is 5.49. The Bertz CT molecular complexity index is 331. The average Bonchev–Trinajstić information content (AvgIpc) is 1.99. The Balaban J connectivity index is 3.11. The van der Waals surface area contributed by atoms with Crippen LogP contribution >= 0.6 is 0 Å². The fraction of sp³-hybridized carbons (Fsp3) is 0.455. The molecule has 0 amide bonds. The molecule has 1 rings (SSSR count). The first-order chi connectivity index (χ1) is 6.82. The minimum Gasteiger partial charge on any atom is -0.282 e. The van der Waals surface area contributed by atoms with Gasteiger partial charge in [-0.1, -0.05) is 12.1 Å². The van der Waals surface area contributed by atoms with Crippen molar-refractivity contribution >= 4 is 5.69 Å². The number of hydrogen-bond acceptors (Lipinski definition) is 1. The smallest absolute Gasteiger partial charge is 0.282 e. The summed E-state index contributed by atoms with van der Waals surface area (Å²) in [6, 6.07) is 5.81. The van der Waals surface area contributed by atoms with Crippen LogP contribution in [-0.2, 0) is 0 Å². The summed E-state index contributed by atoms with van der Waals surface area (Å²) < 4.78 is 38.1. The summed E-state index contributed by atoms with van der Waals surface area (Å²) in [5, 5.41) is 0. The standard InChI is InChI=1S/C11H14F3N/c1-8(2)15(11(12,13)14)10-6-4-5-9(3)7-10/h4-8H,1-3H3. The number of hydrogen-bond donors (Lipinski definition) is 0. The molecule has 0 aromatic heterocycles. The Morgan fingerprint density at radius 3 is 2.20 bits per heavy atom. The lowest BCUT2D eigenvalue weighted by atomic mass is 10.2. The third-order valence-electron chi connectivity index (χ3n) is 2.07. The third-order valence-corrected chi connectivity index (χ3v) is 2.07. The van der Waals surface area contributed by atoms with Crippen LogP contribution in [0.4, 0.5) is 18.9 Å². The molecule has 1 aromatic rings. The molecule has 0 aliphatic heterocycles. The second-order valence-corrected chi connectivity index (χ2v) is 3.77. The van der Waals surface area contributed by atoms with Crippen molar-refractivity contribution in [1.29, 1.82) is 0 Å². The zero-order valence-corrected chi connectivity index (χ0v) is 8.97. The summed E-state index contributed by atoms with van der Waals surface area (Å²) >= 11 is 0. The molecule has 1 aromatic carbocycles. The lowest BCUT2D eigenvalue weighted by molar-refractivity contribution is -0.133. The second kappa shape index (κ2) is 4.13. The predicted molar refractivity (Wildman–Crippen MR) is 54.8 cm³/mol. The minimum atomic E-state index is -4.33. The minimum absolute atomic E-state index is 0.192. The Labute approximate surface area is 87.5 Å². The lowest BCUT2D eigenvalue weighted by Gasteiger charge is -2.30. The van der Waals surface area contributed by atoms with E-state index in [-0.39, 0.29) is 5.69 Å². The molecule has 0 saturated heterocycles. The van der Waals surface area contributed by atoms with Gasteiger partial charge in [0.15, 0.2) is 0 Å². The second-order valence-electron chi connectivity index (χ2n) is 3.77. The molecule has 4 heteroatoms. The van der Waals surface area contributed by atoms with Gasteiger partial charge in [-0.2, -0.15) is 13.2 Å². The van der Waals surface area contributed by atoms with Crippen LogP contribution in [0.25, 0.3) is 0 Å². The van der Waals surface area contributed by atoms with E-state index < -0.39 is 12.3 Å². The Morgan fingerprint density at radius 1 is 1.20 bits per heavy atom. The van der Waals surface area contributed by atoms with Gasteiger partial charge in [0, 0.05) is 11.7 Å². The van der Waals surface area contributed by atoms with Crippen LogP contribution in [0.3, 0.4) is 0 Å². The highest BCUT2D eigenvalue weighted by Gasteiger charge is 2.39. The van der Waals surface area contributed by atoms with Gasteiger partial charge in [0.1, 0.15) is 0 Å². The summed E-state index contributed by atoms with van der Waals surface area (Å²) in [7, 11) is 0. The number of anilines is 1. The third kappa shape index (κ3) is 2.88. The maximum absolute atomic E-state index is 12.7. The summed E-state index contributed by atoms with van der Waals surface area (Å²) in [4.78, 5) is 0.458. The van der Waals surface area contributed by atoms with Crippen LogP contribution in [0, 0.1) is 6.92 Å². The number of aryl methyl sites for hydroxylation is 1. The lowest BCUT2D eigenvalue weighted by Crippen LogP contribution is -2.43. The molecule has 0 atom stereocenters. The normalized spacial score (nSPS) is 11.9.